The Morgan fingerprint density at radius 3 is 2.18 bits per heavy atom. The summed E-state index contributed by atoms with van der Waals surface area (Å²) >= 11 is 0. The van der Waals surface area contributed by atoms with Gasteiger partial charge in [-0.1, -0.05) is 24.3 Å². The van der Waals surface area contributed by atoms with Crippen LogP contribution >= 0.6 is 12.4 Å². The second kappa shape index (κ2) is 8.36. The van der Waals surface area contributed by atoms with Gasteiger partial charge in [-0.2, -0.15) is 0 Å². The second-order valence-electron chi connectivity index (χ2n) is 4.71. The Morgan fingerprint density at radius 1 is 1.09 bits per heavy atom. The van der Waals surface area contributed by atoms with Gasteiger partial charge in [-0.05, 0) is 41.8 Å². The smallest absolute Gasteiger partial charge is 0.320 e. The van der Waals surface area contributed by atoms with Crippen molar-refractivity contribution in [1.82, 2.24) is 0 Å². The third kappa shape index (κ3) is 5.35. The van der Waals surface area contributed by atoms with Crippen LogP contribution in [-0.4, -0.2) is 17.1 Å². The van der Waals surface area contributed by atoms with Crippen LogP contribution in [0.2, 0.25) is 0 Å². The van der Waals surface area contributed by atoms with Gasteiger partial charge in [0.2, 0.25) is 0 Å². The molecule has 0 bridgehead atoms. The first-order valence-electron chi connectivity index (χ1n) is 6.49. The highest BCUT2D eigenvalue weighted by molar-refractivity contribution is 5.85. The molecule has 0 amide bonds. The number of carboxylic acids is 1. The van der Waals surface area contributed by atoms with E-state index in [1.165, 1.54) is 12.1 Å². The van der Waals surface area contributed by atoms with Crippen LogP contribution in [0, 0.1) is 5.82 Å². The monoisotopic (exact) mass is 325 g/mol. The Hall–Kier alpha value is -2.11. The molecule has 0 aliphatic carbocycles. The Morgan fingerprint density at radius 2 is 1.64 bits per heavy atom. The maximum Gasteiger partial charge on any atom is 0.320 e. The lowest BCUT2D eigenvalue weighted by Crippen LogP contribution is -2.32. The predicted molar refractivity (Wildman–Crippen MR) is 83.7 cm³/mol. The van der Waals surface area contributed by atoms with Crippen molar-refractivity contribution >= 4 is 18.4 Å². The van der Waals surface area contributed by atoms with E-state index in [1.54, 1.807) is 36.4 Å². The number of halogens is 2. The van der Waals surface area contributed by atoms with Gasteiger partial charge in [0.25, 0.3) is 0 Å². The second-order valence-corrected chi connectivity index (χ2v) is 4.71. The quantitative estimate of drug-likeness (QED) is 0.856. The van der Waals surface area contributed by atoms with E-state index in [0.29, 0.717) is 12.4 Å². The molecule has 0 aliphatic rings. The molecule has 0 fully saturated rings. The maximum atomic E-state index is 12.8. The van der Waals surface area contributed by atoms with Gasteiger partial charge in [-0.15, -0.1) is 12.4 Å². The van der Waals surface area contributed by atoms with E-state index < -0.39 is 12.0 Å². The lowest BCUT2D eigenvalue weighted by atomic mass is 10.1. The molecule has 0 radical (unpaired) electrons. The molecule has 3 N–H and O–H groups in total. The zero-order chi connectivity index (χ0) is 15.2. The molecule has 0 saturated carbocycles. The number of nitrogens with two attached hydrogens (primary N) is 1. The Balaban J connectivity index is 0.00000242. The lowest BCUT2D eigenvalue weighted by molar-refractivity contribution is -0.138. The SMILES string of the molecule is Cl.N[C@@H](Cc1ccc(OCc2ccc(F)cc2)cc1)C(=O)O. The van der Waals surface area contributed by atoms with Gasteiger partial charge < -0.3 is 15.6 Å². The van der Waals surface area contributed by atoms with Gasteiger partial charge in [0.1, 0.15) is 24.2 Å². The van der Waals surface area contributed by atoms with Gasteiger partial charge in [-0.25, -0.2) is 4.39 Å². The number of carboxylic acid groups (broad SMARTS) is 1. The number of rotatable bonds is 6. The van der Waals surface area contributed by atoms with E-state index >= 15 is 0 Å². The Kier molecular flexibility index (Phi) is 6.82. The molecule has 6 heteroatoms. The summed E-state index contributed by atoms with van der Waals surface area (Å²) < 4.78 is 18.3. The minimum atomic E-state index is -1.02. The van der Waals surface area contributed by atoms with Crippen molar-refractivity contribution in [3.05, 3.63) is 65.5 Å². The molecule has 0 aromatic heterocycles. The summed E-state index contributed by atoms with van der Waals surface area (Å²) in [7, 11) is 0. The number of benzene rings is 2. The van der Waals surface area contributed by atoms with Crippen molar-refractivity contribution in [3.63, 3.8) is 0 Å². The van der Waals surface area contributed by atoms with E-state index in [-0.39, 0.29) is 24.6 Å². The highest BCUT2D eigenvalue weighted by Gasteiger charge is 2.11. The maximum absolute atomic E-state index is 12.8. The van der Waals surface area contributed by atoms with E-state index in [1.807, 2.05) is 0 Å². The topological polar surface area (TPSA) is 72.5 Å². The molecule has 0 aliphatic heterocycles. The van der Waals surface area contributed by atoms with Crippen molar-refractivity contribution in [2.75, 3.05) is 0 Å². The fourth-order valence-corrected chi connectivity index (χ4v) is 1.81. The van der Waals surface area contributed by atoms with Crippen LogP contribution in [0.3, 0.4) is 0 Å². The van der Waals surface area contributed by atoms with E-state index in [4.69, 9.17) is 15.6 Å². The minimum Gasteiger partial charge on any atom is -0.489 e. The number of ether oxygens (including phenoxy) is 1. The largest absolute Gasteiger partial charge is 0.489 e. The van der Waals surface area contributed by atoms with Crippen LogP contribution in [0.1, 0.15) is 11.1 Å². The Labute approximate surface area is 134 Å². The van der Waals surface area contributed by atoms with Crippen LogP contribution in [-0.2, 0) is 17.8 Å². The molecule has 0 unspecified atom stereocenters. The molecular weight excluding hydrogens is 309 g/mol. The first-order valence-corrected chi connectivity index (χ1v) is 6.49. The molecule has 22 heavy (non-hydrogen) atoms. The van der Waals surface area contributed by atoms with Crippen molar-refractivity contribution in [3.8, 4) is 5.75 Å². The van der Waals surface area contributed by atoms with Gasteiger partial charge in [0.05, 0.1) is 0 Å². The summed E-state index contributed by atoms with van der Waals surface area (Å²) in [5.74, 6) is -0.642. The van der Waals surface area contributed by atoms with Crippen molar-refractivity contribution < 1.29 is 19.0 Å². The number of carbonyl (C=O) groups is 1. The zero-order valence-corrected chi connectivity index (χ0v) is 12.6. The van der Waals surface area contributed by atoms with E-state index in [0.717, 1.165) is 11.1 Å². The summed E-state index contributed by atoms with van der Waals surface area (Å²) in [5.41, 5.74) is 7.17. The highest BCUT2D eigenvalue weighted by Crippen LogP contribution is 2.15. The van der Waals surface area contributed by atoms with Crippen LogP contribution in [0.4, 0.5) is 4.39 Å². The number of hydrogen-bond acceptors (Lipinski definition) is 3. The first-order chi connectivity index (χ1) is 10.0. The molecule has 4 nitrogen and oxygen atoms in total. The number of hydrogen-bond donors (Lipinski definition) is 2. The summed E-state index contributed by atoms with van der Waals surface area (Å²) in [6.45, 7) is 0.342. The number of aliphatic carboxylic acids is 1. The van der Waals surface area contributed by atoms with Crippen molar-refractivity contribution in [2.45, 2.75) is 19.1 Å². The summed E-state index contributed by atoms with van der Waals surface area (Å²) in [6, 6.07) is 12.3. The molecule has 118 valence electrons. The van der Waals surface area contributed by atoms with Gasteiger partial charge in [0, 0.05) is 0 Å². The molecule has 2 rings (SSSR count). The standard InChI is InChI=1S/C16H16FNO3.ClH/c17-13-5-1-12(2-6-13)10-21-14-7-3-11(4-8-14)9-15(18)16(19)20;/h1-8,15H,9-10,18H2,(H,19,20);1H/t15-;/m0./s1. The molecule has 0 spiro atoms. The molecule has 2 aromatic carbocycles. The van der Waals surface area contributed by atoms with E-state index in [2.05, 4.69) is 0 Å². The fourth-order valence-electron chi connectivity index (χ4n) is 1.81. The van der Waals surface area contributed by atoms with E-state index in [9.17, 15) is 9.18 Å². The normalized spacial score (nSPS) is 11.4. The summed E-state index contributed by atoms with van der Waals surface area (Å²) in [4.78, 5) is 10.7. The zero-order valence-electron chi connectivity index (χ0n) is 11.7. The van der Waals surface area contributed by atoms with Gasteiger partial charge in [0.15, 0.2) is 0 Å². The lowest BCUT2D eigenvalue weighted by Gasteiger charge is -2.09. The highest BCUT2D eigenvalue weighted by atomic mass is 35.5. The van der Waals surface area contributed by atoms with Crippen molar-refractivity contribution in [2.24, 2.45) is 5.73 Å². The summed E-state index contributed by atoms with van der Waals surface area (Å²) in [5, 5.41) is 8.75. The third-order valence-electron chi connectivity index (χ3n) is 3.01. The van der Waals surface area contributed by atoms with Gasteiger partial charge >= 0.3 is 5.97 Å². The van der Waals surface area contributed by atoms with Crippen molar-refractivity contribution in [1.29, 1.82) is 0 Å². The third-order valence-corrected chi connectivity index (χ3v) is 3.01. The molecule has 0 saturated heterocycles. The minimum absolute atomic E-state index is 0. The fraction of sp³-hybridized carbons (Fsp3) is 0.188. The molecular formula is C16H17ClFNO3. The average molecular weight is 326 g/mol. The average Bonchev–Trinajstić information content (AvgIpc) is 2.48. The van der Waals surface area contributed by atoms with Crippen LogP contribution in [0.5, 0.6) is 5.75 Å². The van der Waals surface area contributed by atoms with Crippen LogP contribution in [0.15, 0.2) is 48.5 Å². The van der Waals surface area contributed by atoms with Crippen LogP contribution in [0.25, 0.3) is 0 Å². The van der Waals surface area contributed by atoms with Crippen LogP contribution < -0.4 is 10.5 Å². The molecule has 2 aromatic rings. The first kappa shape index (κ1) is 17.9. The van der Waals surface area contributed by atoms with Gasteiger partial charge in [-0.3, -0.25) is 4.79 Å². The molecule has 1 atom stereocenters. The summed E-state index contributed by atoms with van der Waals surface area (Å²) in [6.07, 6.45) is 0.271. The predicted octanol–water partition coefficient (Wildman–Crippen LogP) is 2.78. The Bertz CT molecular complexity index is 602. The molecule has 0 heterocycles.